The van der Waals surface area contributed by atoms with Crippen molar-refractivity contribution in [3.63, 3.8) is 0 Å². The van der Waals surface area contributed by atoms with Gasteiger partial charge in [0.15, 0.2) is 0 Å². The van der Waals surface area contributed by atoms with Crippen LogP contribution in [-0.4, -0.2) is 51.1 Å². The van der Waals surface area contributed by atoms with Gasteiger partial charge < -0.3 is 27.2 Å². The van der Waals surface area contributed by atoms with Crippen LogP contribution in [0.5, 0.6) is 0 Å². The SMILES string of the molecule is O=P1(CCP(=O)(c2cccc3cc4ccccc4cc23)c2cccc3cc4ccccc4cc23)OCC2(CO1)COP(=O)(CCP(=O)(c1cccc3cc4ccccc4cc13)c1cccc3cc4ccccc4cc13)OC2. The second kappa shape index (κ2) is 18.8. The van der Waals surface area contributed by atoms with Crippen molar-refractivity contribution in [2.75, 3.05) is 51.1 Å². The molecule has 12 aromatic carbocycles. The molecule has 380 valence electrons. The standard InChI is InChI=1S/C65H52O8P4/c66-74(61-25-9-21-53-33-45-13-1-5-17-49(45)37-57(53)61,62-26-10-22-54-34-46-14-2-6-18-50(46)38-58(54)62)29-31-76(68)70-41-65(42-71-76)43-72-77(69,73-44-65)32-30-75(67,63-27-11-23-55-35-47-15-3-7-19-51(47)39-59(55)63)64-28-12-24-56-36-48-16-4-8-20-52(48)40-60(56)64/h1-28,33-40H,29-32,41-44H2. The minimum absolute atomic E-state index is 0.0251. The summed E-state index contributed by atoms with van der Waals surface area (Å²) in [5, 5.41) is 18.6. The quantitative estimate of drug-likeness (QED) is 0.0985. The van der Waals surface area contributed by atoms with Crippen molar-refractivity contribution in [3.05, 3.63) is 218 Å². The highest BCUT2D eigenvalue weighted by Gasteiger charge is 2.50. The van der Waals surface area contributed by atoms with Crippen molar-refractivity contribution in [2.24, 2.45) is 5.41 Å². The smallest absolute Gasteiger partial charge is 0.314 e. The average molecular weight is 1090 g/mol. The predicted molar refractivity (Wildman–Crippen MR) is 320 cm³/mol. The van der Waals surface area contributed by atoms with Crippen LogP contribution in [-0.2, 0) is 36.4 Å². The zero-order valence-electron chi connectivity index (χ0n) is 42.0. The minimum Gasteiger partial charge on any atom is -0.314 e. The number of rotatable bonds is 10. The lowest BCUT2D eigenvalue weighted by Gasteiger charge is -2.43. The molecule has 14 rings (SSSR count). The van der Waals surface area contributed by atoms with Crippen LogP contribution in [0.3, 0.4) is 0 Å². The predicted octanol–water partition coefficient (Wildman–Crippen LogP) is 15.7. The molecule has 2 fully saturated rings. The van der Waals surface area contributed by atoms with Gasteiger partial charge in [0, 0.05) is 33.5 Å². The fourth-order valence-electron chi connectivity index (χ4n) is 11.9. The van der Waals surface area contributed by atoms with Crippen molar-refractivity contribution in [1.82, 2.24) is 0 Å². The average Bonchev–Trinajstić information content (AvgIpc) is 3.51. The Morgan fingerprint density at radius 3 is 0.779 bits per heavy atom. The van der Waals surface area contributed by atoms with Crippen molar-refractivity contribution in [2.45, 2.75) is 0 Å². The lowest BCUT2D eigenvalue weighted by molar-refractivity contribution is -0.0680. The maximum atomic E-state index is 16.5. The minimum atomic E-state index is -3.84. The third kappa shape index (κ3) is 8.63. The van der Waals surface area contributed by atoms with Crippen LogP contribution in [0.1, 0.15) is 0 Å². The van der Waals surface area contributed by atoms with Gasteiger partial charge in [-0.15, -0.1) is 0 Å². The van der Waals surface area contributed by atoms with Crippen LogP contribution in [0.25, 0.3) is 86.2 Å². The molecule has 0 unspecified atom stereocenters. The van der Waals surface area contributed by atoms with Crippen LogP contribution in [0.4, 0.5) is 0 Å². The van der Waals surface area contributed by atoms with Crippen molar-refractivity contribution >= 4 is 137 Å². The first kappa shape index (κ1) is 48.8. The van der Waals surface area contributed by atoms with Gasteiger partial charge >= 0.3 is 15.2 Å². The van der Waals surface area contributed by atoms with E-state index >= 15 is 9.13 Å². The Kier molecular flexibility index (Phi) is 12.0. The van der Waals surface area contributed by atoms with Gasteiger partial charge in [0.2, 0.25) is 0 Å². The molecule has 12 aromatic rings. The maximum Gasteiger partial charge on any atom is 0.331 e. The van der Waals surface area contributed by atoms with Crippen molar-refractivity contribution in [3.8, 4) is 0 Å². The summed E-state index contributed by atoms with van der Waals surface area (Å²) in [6.07, 6.45) is -0.149. The highest BCUT2D eigenvalue weighted by molar-refractivity contribution is 7.80. The first-order valence-electron chi connectivity index (χ1n) is 26.1. The van der Waals surface area contributed by atoms with Gasteiger partial charge in [-0.25, -0.2) is 0 Å². The Balaban J connectivity index is 0.744. The molecule has 0 aliphatic carbocycles. The van der Waals surface area contributed by atoms with E-state index in [-0.39, 0.29) is 51.1 Å². The van der Waals surface area contributed by atoms with E-state index in [9.17, 15) is 9.13 Å². The summed E-state index contributed by atoms with van der Waals surface area (Å²) >= 11 is 0. The van der Waals surface area contributed by atoms with E-state index in [1.54, 1.807) is 0 Å². The molecular formula is C65H52O8P4. The third-order valence-electron chi connectivity index (χ3n) is 16.1. The largest absolute Gasteiger partial charge is 0.331 e. The van der Waals surface area contributed by atoms with Crippen LogP contribution in [0.2, 0.25) is 0 Å². The first-order valence-corrected chi connectivity index (χ1v) is 33.3. The normalized spacial score (nSPS) is 20.4. The molecule has 0 radical (unpaired) electrons. The van der Waals surface area contributed by atoms with Gasteiger partial charge in [-0.2, -0.15) is 0 Å². The van der Waals surface area contributed by atoms with E-state index in [0.717, 1.165) is 86.2 Å². The summed E-state index contributed by atoms with van der Waals surface area (Å²) in [5.41, 5.74) is -0.907. The molecule has 77 heavy (non-hydrogen) atoms. The summed E-state index contributed by atoms with van der Waals surface area (Å²) in [6.45, 7) is -0.161. The molecule has 0 amide bonds. The monoisotopic (exact) mass is 1080 g/mol. The van der Waals surface area contributed by atoms with E-state index < -0.39 is 34.9 Å². The Labute approximate surface area is 445 Å². The number of benzene rings is 12. The summed E-state index contributed by atoms with van der Waals surface area (Å²) in [4.78, 5) is 0. The molecular weight excluding hydrogens is 1030 g/mol. The van der Waals surface area contributed by atoms with E-state index in [4.69, 9.17) is 18.1 Å². The molecule has 0 N–H and O–H groups in total. The lowest BCUT2D eigenvalue weighted by Crippen LogP contribution is -2.46. The number of fused-ring (bicyclic) bond motifs is 8. The van der Waals surface area contributed by atoms with Crippen LogP contribution in [0, 0.1) is 5.41 Å². The van der Waals surface area contributed by atoms with E-state index in [1.807, 2.05) is 121 Å². The molecule has 0 bridgehead atoms. The maximum absolute atomic E-state index is 16.5. The Morgan fingerprint density at radius 1 is 0.312 bits per heavy atom. The summed E-state index contributed by atoms with van der Waals surface area (Å²) in [5.74, 6) is 0. The number of hydrogen-bond donors (Lipinski definition) is 0. The van der Waals surface area contributed by atoms with Crippen LogP contribution < -0.4 is 21.2 Å². The molecule has 8 nitrogen and oxygen atoms in total. The highest BCUT2D eigenvalue weighted by atomic mass is 31.2. The molecule has 12 heteroatoms. The molecule has 2 heterocycles. The fourth-order valence-corrected chi connectivity index (χ4v) is 23.7. The van der Waals surface area contributed by atoms with Gasteiger partial charge in [-0.3, -0.25) is 9.13 Å². The molecule has 2 aliphatic rings. The molecule has 2 saturated heterocycles. The highest BCUT2D eigenvalue weighted by Crippen LogP contribution is 2.62. The Morgan fingerprint density at radius 2 is 0.532 bits per heavy atom. The van der Waals surface area contributed by atoms with Crippen molar-refractivity contribution < 1.29 is 36.4 Å². The molecule has 0 atom stereocenters. The summed E-state index contributed by atoms with van der Waals surface area (Å²) < 4.78 is 87.8. The van der Waals surface area contributed by atoms with E-state index in [1.165, 1.54) is 0 Å². The van der Waals surface area contributed by atoms with Crippen LogP contribution in [0.15, 0.2) is 218 Å². The lowest BCUT2D eigenvalue weighted by atomic mass is 9.93. The number of hydrogen-bond acceptors (Lipinski definition) is 8. The van der Waals surface area contributed by atoms with Gasteiger partial charge in [-0.05, 0) is 135 Å². The van der Waals surface area contributed by atoms with Gasteiger partial charge in [-0.1, -0.05) is 170 Å². The van der Waals surface area contributed by atoms with Gasteiger partial charge in [0.05, 0.1) is 44.2 Å². The fraction of sp³-hybridized carbons (Fsp3) is 0.138. The second-order valence-corrected chi connectivity index (χ2v) is 31.1. The molecule has 2 aliphatic heterocycles. The molecule has 1 spiro atoms. The van der Waals surface area contributed by atoms with E-state index in [0.29, 0.717) is 21.2 Å². The summed E-state index contributed by atoms with van der Waals surface area (Å²) in [7, 11) is -14.9. The Hall–Kier alpha value is -6.52. The topological polar surface area (TPSA) is 105 Å². The molecule has 0 saturated carbocycles. The Bertz CT molecular complexity index is 4050. The van der Waals surface area contributed by atoms with Crippen LogP contribution >= 0.6 is 29.5 Å². The first-order chi connectivity index (χ1) is 37.5. The zero-order chi connectivity index (χ0) is 52.0. The second-order valence-electron chi connectivity index (χ2n) is 21.0. The van der Waals surface area contributed by atoms with E-state index in [2.05, 4.69) is 97.1 Å². The third-order valence-corrected chi connectivity index (χ3v) is 26.8. The van der Waals surface area contributed by atoms with Gasteiger partial charge in [0.1, 0.15) is 14.3 Å². The summed E-state index contributed by atoms with van der Waals surface area (Å²) in [6, 6.07) is 73.5. The molecule has 0 aromatic heterocycles. The van der Waals surface area contributed by atoms with Gasteiger partial charge in [0.25, 0.3) is 0 Å². The zero-order valence-corrected chi connectivity index (χ0v) is 45.6. The van der Waals surface area contributed by atoms with Crippen molar-refractivity contribution in [1.29, 1.82) is 0 Å².